The molecule has 0 aliphatic carbocycles. The van der Waals surface area contributed by atoms with Gasteiger partial charge in [-0.1, -0.05) is 35.0 Å². The molecule has 0 amide bonds. The fourth-order valence-electron chi connectivity index (χ4n) is 3.51. The molecule has 0 radical (unpaired) electrons. The van der Waals surface area contributed by atoms with Gasteiger partial charge in [0.05, 0.1) is 13.1 Å². The Bertz CT molecular complexity index is 984. The number of aliphatic hydroxyl groups excluding tert-OH is 1. The lowest BCUT2D eigenvalue weighted by atomic mass is 9.98. The van der Waals surface area contributed by atoms with Crippen molar-refractivity contribution >= 4 is 46.8 Å². The average Bonchev–Trinajstić information content (AvgIpc) is 3.22. The number of allylic oxidation sites excluding steroid dienone is 2. The molecule has 5 atom stereocenters. The number of halogens is 4. The van der Waals surface area contributed by atoms with E-state index in [1.807, 2.05) is 0 Å². The minimum Gasteiger partial charge on any atom is -0.404 e. The molecule has 2 saturated heterocycles. The topological polar surface area (TPSA) is 101 Å². The summed E-state index contributed by atoms with van der Waals surface area (Å²) in [5.41, 5.74) is 8.19. The normalized spacial score (nSPS) is 30.7. The van der Waals surface area contributed by atoms with Gasteiger partial charge in [0, 0.05) is 34.1 Å². The first kappa shape index (κ1) is 23.5. The van der Waals surface area contributed by atoms with Crippen LogP contribution in [-0.2, 0) is 9.57 Å². The van der Waals surface area contributed by atoms with Crippen LogP contribution >= 0.6 is 35.0 Å². The fourth-order valence-corrected chi connectivity index (χ4v) is 5.01. The van der Waals surface area contributed by atoms with Gasteiger partial charge in [-0.2, -0.15) is 5.48 Å². The maximum atomic E-state index is 13.9. The third kappa shape index (κ3) is 4.96. The second kappa shape index (κ2) is 10.1. The number of ether oxygens (including phenoxy) is 1. The quantitative estimate of drug-likeness (QED) is 0.361. The van der Waals surface area contributed by atoms with Crippen LogP contribution in [0.1, 0.15) is 5.56 Å². The van der Waals surface area contributed by atoms with Crippen molar-refractivity contribution in [3.05, 3.63) is 62.8 Å². The van der Waals surface area contributed by atoms with Gasteiger partial charge in [0.1, 0.15) is 46.4 Å². The Balaban J connectivity index is 1.56. The summed E-state index contributed by atoms with van der Waals surface area (Å²) in [5, 5.41) is 14.1. The minimum atomic E-state index is -1.05. The van der Waals surface area contributed by atoms with Crippen LogP contribution in [0.15, 0.2) is 45.5 Å². The largest absolute Gasteiger partial charge is 0.404 e. The highest BCUT2D eigenvalue weighted by Crippen LogP contribution is 2.37. The van der Waals surface area contributed by atoms with Crippen molar-refractivity contribution in [2.75, 3.05) is 13.1 Å². The molecule has 5 unspecified atom stereocenters. The van der Waals surface area contributed by atoms with Crippen LogP contribution in [-0.4, -0.2) is 54.2 Å². The lowest BCUT2D eigenvalue weighted by Crippen LogP contribution is -2.54. The number of hydrogen-bond acceptors (Lipinski definition) is 8. The average molecular weight is 505 g/mol. The van der Waals surface area contributed by atoms with Crippen LogP contribution in [0.2, 0.25) is 5.02 Å². The van der Waals surface area contributed by atoms with Gasteiger partial charge in [-0.05, 0) is 23.8 Å². The minimum absolute atomic E-state index is 0.156. The van der Waals surface area contributed by atoms with Crippen molar-refractivity contribution in [3.8, 4) is 0 Å². The Morgan fingerprint density at radius 1 is 1.31 bits per heavy atom. The summed E-state index contributed by atoms with van der Waals surface area (Å²) in [4.78, 5) is 10.8. The summed E-state index contributed by atoms with van der Waals surface area (Å²) in [5.74, 6) is -1.83. The van der Waals surface area contributed by atoms with Crippen molar-refractivity contribution in [2.45, 2.75) is 29.8 Å². The molecular weight excluding hydrogens is 485 g/mol. The summed E-state index contributed by atoms with van der Waals surface area (Å²) < 4.78 is 33.8. The van der Waals surface area contributed by atoms with Crippen LogP contribution in [0, 0.1) is 11.6 Å². The van der Waals surface area contributed by atoms with Gasteiger partial charge in [-0.25, -0.2) is 8.78 Å². The number of dihydropyridines is 1. The zero-order chi connectivity index (χ0) is 22.8. The number of nitrogens with one attached hydrogen (secondary N) is 2. The number of fused-ring (bicyclic) bond motifs is 1. The standard InChI is InChI=1S/C20H20Cl2F2N4O3S/c21-11-3-12(7-26-6-11)32-20-18(29)17(19-15(30-20)8-28-31-19)27-5-10(4-25)9-1-13(23)16(22)14(24)2-9/h1-5,7,15,17-20,26,28-29H,6,8,25H2/b10-4+,27-5?. The van der Waals surface area contributed by atoms with E-state index in [9.17, 15) is 13.9 Å². The van der Waals surface area contributed by atoms with Crippen LogP contribution in [0.3, 0.4) is 0 Å². The van der Waals surface area contributed by atoms with Gasteiger partial charge in [0.25, 0.3) is 0 Å². The van der Waals surface area contributed by atoms with E-state index in [1.165, 1.54) is 24.2 Å². The van der Waals surface area contributed by atoms with Crippen molar-refractivity contribution < 1.29 is 23.5 Å². The van der Waals surface area contributed by atoms with Gasteiger partial charge < -0.3 is 20.9 Å². The van der Waals surface area contributed by atoms with Crippen molar-refractivity contribution in [3.63, 3.8) is 0 Å². The number of nitrogens with zero attached hydrogens (tertiary/aromatic N) is 1. The second-order valence-corrected chi connectivity index (χ2v) is 9.28. The zero-order valence-corrected chi connectivity index (χ0v) is 18.8. The Hall–Kier alpha value is -1.66. The number of aliphatic imine (C=N–C) groups is 1. The lowest BCUT2D eigenvalue weighted by Gasteiger charge is -2.39. The van der Waals surface area contributed by atoms with Crippen LogP contribution in [0.4, 0.5) is 8.78 Å². The maximum absolute atomic E-state index is 13.9. The lowest BCUT2D eigenvalue weighted by molar-refractivity contribution is -0.134. The fraction of sp³-hybridized carbons (Fsp3) is 0.350. The summed E-state index contributed by atoms with van der Waals surface area (Å²) in [6.07, 6.45) is 4.13. The molecule has 0 saturated carbocycles. The highest BCUT2D eigenvalue weighted by molar-refractivity contribution is 8.03. The first-order valence-electron chi connectivity index (χ1n) is 9.65. The molecule has 7 nitrogen and oxygen atoms in total. The summed E-state index contributed by atoms with van der Waals surface area (Å²) >= 11 is 12.9. The van der Waals surface area contributed by atoms with E-state index in [-0.39, 0.29) is 17.2 Å². The maximum Gasteiger partial charge on any atom is 0.145 e. The van der Waals surface area contributed by atoms with E-state index < -0.39 is 40.3 Å². The Morgan fingerprint density at radius 2 is 2.06 bits per heavy atom. The molecule has 1 aromatic rings. The van der Waals surface area contributed by atoms with E-state index in [2.05, 4.69) is 15.8 Å². The molecule has 32 heavy (non-hydrogen) atoms. The zero-order valence-electron chi connectivity index (χ0n) is 16.5. The number of aliphatic hydroxyl groups is 1. The van der Waals surface area contributed by atoms with Crippen LogP contribution in [0.5, 0.6) is 0 Å². The molecule has 1 aromatic carbocycles. The van der Waals surface area contributed by atoms with Gasteiger partial charge in [-0.15, -0.1) is 0 Å². The van der Waals surface area contributed by atoms with Crippen molar-refractivity contribution in [2.24, 2.45) is 10.7 Å². The predicted octanol–water partition coefficient (Wildman–Crippen LogP) is 2.65. The molecule has 0 bridgehead atoms. The summed E-state index contributed by atoms with van der Waals surface area (Å²) in [6.45, 7) is 0.955. The second-order valence-electron chi connectivity index (χ2n) is 7.25. The van der Waals surface area contributed by atoms with E-state index in [1.54, 1.807) is 12.3 Å². The molecule has 0 spiro atoms. The Kier molecular flexibility index (Phi) is 7.40. The summed E-state index contributed by atoms with van der Waals surface area (Å²) in [7, 11) is 0. The molecule has 3 heterocycles. The molecule has 2 fully saturated rings. The van der Waals surface area contributed by atoms with Gasteiger partial charge in [0.2, 0.25) is 0 Å². The number of hydroxylamine groups is 1. The number of hydrogen-bond donors (Lipinski definition) is 4. The van der Waals surface area contributed by atoms with Crippen LogP contribution < -0.4 is 16.5 Å². The highest BCUT2D eigenvalue weighted by Gasteiger charge is 2.49. The van der Waals surface area contributed by atoms with Crippen molar-refractivity contribution in [1.29, 1.82) is 0 Å². The molecule has 172 valence electrons. The first-order valence-corrected chi connectivity index (χ1v) is 11.3. The van der Waals surface area contributed by atoms with Crippen LogP contribution in [0.25, 0.3) is 5.57 Å². The van der Waals surface area contributed by atoms with E-state index in [0.29, 0.717) is 18.1 Å². The number of thioether (sulfide) groups is 1. The smallest absolute Gasteiger partial charge is 0.145 e. The monoisotopic (exact) mass is 504 g/mol. The molecule has 0 aromatic heterocycles. The molecule has 3 aliphatic rings. The highest BCUT2D eigenvalue weighted by atomic mass is 35.5. The third-order valence-corrected chi connectivity index (χ3v) is 6.83. The molecular formula is C20H20Cl2F2N4O3S. The first-order chi connectivity index (χ1) is 15.4. The molecule has 12 heteroatoms. The van der Waals surface area contributed by atoms with Gasteiger partial charge in [-0.3, -0.25) is 9.83 Å². The number of rotatable bonds is 5. The van der Waals surface area contributed by atoms with Crippen molar-refractivity contribution in [1.82, 2.24) is 10.8 Å². The molecule has 3 aliphatic heterocycles. The van der Waals surface area contributed by atoms with E-state index in [0.717, 1.165) is 17.0 Å². The molecule has 4 rings (SSSR count). The molecule has 5 N–H and O–H groups in total. The Morgan fingerprint density at radius 3 is 2.75 bits per heavy atom. The summed E-state index contributed by atoms with van der Waals surface area (Å²) in [6, 6.07) is 1.39. The number of nitrogens with two attached hydrogens (primary N) is 1. The predicted molar refractivity (Wildman–Crippen MR) is 121 cm³/mol. The van der Waals surface area contributed by atoms with Gasteiger partial charge in [0.15, 0.2) is 0 Å². The van der Waals surface area contributed by atoms with Gasteiger partial charge >= 0.3 is 0 Å². The van der Waals surface area contributed by atoms with E-state index >= 15 is 0 Å². The number of benzene rings is 1. The third-order valence-electron chi connectivity index (χ3n) is 5.09. The van der Waals surface area contributed by atoms with E-state index in [4.69, 9.17) is 38.5 Å². The SMILES string of the molecule is N/C=C(\C=NC1C(O)C(SC2=CNCC(Cl)=C2)OC2CNOC21)c1cc(F)c(Cl)c(F)c1. The Labute approximate surface area is 197 Å².